The number of rotatable bonds is 10. The number of carbonyl (C=O) groups excluding carboxylic acids is 1. The largest absolute Gasteiger partial charge is 0.494 e. The Balaban J connectivity index is 0.983. The predicted octanol–water partition coefficient (Wildman–Crippen LogP) is 3.97. The fraction of sp³-hybridized carbons (Fsp3) is 0.607. The van der Waals surface area contributed by atoms with Gasteiger partial charge in [-0.3, -0.25) is 4.79 Å². The minimum atomic E-state index is 0.231. The molecule has 2 atom stereocenters. The molecule has 1 amide bonds. The molecule has 0 unspecified atom stereocenters. The molecule has 2 aromatic rings. The van der Waals surface area contributed by atoms with Crippen molar-refractivity contribution in [1.29, 1.82) is 0 Å². The molecule has 0 radical (unpaired) electrons. The second-order valence-corrected chi connectivity index (χ2v) is 10.7. The van der Waals surface area contributed by atoms with E-state index in [0.717, 1.165) is 79.8 Å². The first-order valence-electron chi connectivity index (χ1n) is 13.1. The molecule has 1 aliphatic carbocycles. The van der Waals surface area contributed by atoms with Crippen molar-refractivity contribution in [3.8, 4) is 5.75 Å². The highest BCUT2D eigenvalue weighted by molar-refractivity contribution is 5.79. The zero-order valence-corrected chi connectivity index (χ0v) is 21.1. The lowest BCUT2D eigenvalue weighted by atomic mass is 9.90. The van der Waals surface area contributed by atoms with Gasteiger partial charge in [-0.15, -0.1) is 0 Å². The molecule has 188 valence electrons. The second kappa shape index (κ2) is 10.9. The monoisotopic (exact) mass is 478 g/mol. The van der Waals surface area contributed by atoms with Crippen molar-refractivity contribution in [2.75, 3.05) is 44.8 Å². The number of aromatic nitrogens is 2. The number of hydrogen-bond donors (Lipinski definition) is 0. The van der Waals surface area contributed by atoms with Crippen molar-refractivity contribution in [1.82, 2.24) is 14.9 Å². The van der Waals surface area contributed by atoms with Crippen LogP contribution in [0.3, 0.4) is 0 Å². The van der Waals surface area contributed by atoms with Gasteiger partial charge in [-0.05, 0) is 67.1 Å². The van der Waals surface area contributed by atoms with Crippen LogP contribution in [0.1, 0.15) is 43.7 Å². The van der Waals surface area contributed by atoms with Crippen LogP contribution >= 0.6 is 0 Å². The Hall–Kier alpha value is -2.67. The third-order valence-corrected chi connectivity index (χ3v) is 7.86. The number of amides is 1. The van der Waals surface area contributed by atoms with Gasteiger partial charge >= 0.3 is 0 Å². The highest BCUT2D eigenvalue weighted by Crippen LogP contribution is 2.49. The summed E-state index contributed by atoms with van der Waals surface area (Å²) in [7, 11) is 1.69. The molecule has 7 heteroatoms. The van der Waals surface area contributed by atoms with Crippen LogP contribution in [-0.2, 0) is 22.6 Å². The number of ether oxygens (including phenoxy) is 2. The van der Waals surface area contributed by atoms with Crippen LogP contribution in [0.5, 0.6) is 5.75 Å². The number of nitrogens with zero attached hydrogens (tertiary/aromatic N) is 4. The summed E-state index contributed by atoms with van der Waals surface area (Å²) < 4.78 is 11.2. The van der Waals surface area contributed by atoms with Crippen LogP contribution in [-0.4, -0.2) is 60.7 Å². The van der Waals surface area contributed by atoms with Crippen LogP contribution < -0.4 is 9.64 Å². The lowest BCUT2D eigenvalue weighted by molar-refractivity contribution is -0.136. The molecule has 0 bridgehead atoms. The molecule has 1 aromatic carbocycles. The SMILES string of the molecule is COCc1cnc(N2CCC([C@H]3C[C@H]3CCOc3ccc(CC(=O)N4CC(C)C4)cc3)CC2)nc1. The molecule has 1 saturated carbocycles. The van der Waals surface area contributed by atoms with E-state index in [4.69, 9.17) is 9.47 Å². The summed E-state index contributed by atoms with van der Waals surface area (Å²) in [6, 6.07) is 8.06. The lowest BCUT2D eigenvalue weighted by Gasteiger charge is -2.37. The summed E-state index contributed by atoms with van der Waals surface area (Å²) in [6.45, 7) is 7.39. The molecular formula is C28H38N4O3. The van der Waals surface area contributed by atoms with Gasteiger partial charge in [0.1, 0.15) is 5.75 Å². The molecule has 35 heavy (non-hydrogen) atoms. The number of methoxy groups -OCH3 is 1. The van der Waals surface area contributed by atoms with Gasteiger partial charge in [0.05, 0.1) is 19.6 Å². The summed E-state index contributed by atoms with van der Waals surface area (Å²) in [5, 5.41) is 0. The molecule has 0 spiro atoms. The van der Waals surface area contributed by atoms with Gasteiger partial charge in [0.15, 0.2) is 0 Å². The van der Waals surface area contributed by atoms with Crippen LogP contribution in [0.2, 0.25) is 0 Å². The topological polar surface area (TPSA) is 67.8 Å². The zero-order valence-electron chi connectivity index (χ0n) is 21.1. The van der Waals surface area contributed by atoms with E-state index in [9.17, 15) is 4.79 Å². The van der Waals surface area contributed by atoms with Gasteiger partial charge in [0, 0.05) is 51.2 Å². The number of piperidine rings is 1. The van der Waals surface area contributed by atoms with E-state index >= 15 is 0 Å². The Morgan fingerprint density at radius 3 is 2.43 bits per heavy atom. The van der Waals surface area contributed by atoms with E-state index in [1.165, 1.54) is 19.3 Å². The number of hydrogen-bond acceptors (Lipinski definition) is 6. The van der Waals surface area contributed by atoms with Crippen LogP contribution in [0, 0.1) is 23.7 Å². The van der Waals surface area contributed by atoms with E-state index in [1.54, 1.807) is 7.11 Å². The molecule has 5 rings (SSSR count). The van der Waals surface area contributed by atoms with Gasteiger partial charge < -0.3 is 19.3 Å². The summed E-state index contributed by atoms with van der Waals surface area (Å²) in [6.07, 6.45) is 9.14. The molecule has 1 aromatic heterocycles. The highest BCUT2D eigenvalue weighted by atomic mass is 16.5. The van der Waals surface area contributed by atoms with Crippen molar-refractivity contribution in [3.63, 3.8) is 0 Å². The minimum Gasteiger partial charge on any atom is -0.494 e. The van der Waals surface area contributed by atoms with Crippen LogP contribution in [0.15, 0.2) is 36.7 Å². The van der Waals surface area contributed by atoms with Crippen molar-refractivity contribution in [3.05, 3.63) is 47.8 Å². The first-order chi connectivity index (χ1) is 17.1. The Labute approximate surface area is 208 Å². The first kappa shape index (κ1) is 24.0. The van der Waals surface area contributed by atoms with Gasteiger partial charge in [-0.25, -0.2) is 9.97 Å². The second-order valence-electron chi connectivity index (χ2n) is 10.7. The minimum absolute atomic E-state index is 0.231. The van der Waals surface area contributed by atoms with E-state index in [-0.39, 0.29) is 5.91 Å². The fourth-order valence-corrected chi connectivity index (χ4v) is 5.68. The molecule has 3 heterocycles. The zero-order chi connectivity index (χ0) is 24.2. The first-order valence-corrected chi connectivity index (χ1v) is 13.1. The number of likely N-dealkylation sites (tertiary alicyclic amines) is 1. The average molecular weight is 479 g/mol. The van der Waals surface area contributed by atoms with Crippen molar-refractivity contribution >= 4 is 11.9 Å². The third-order valence-electron chi connectivity index (χ3n) is 7.86. The number of carbonyl (C=O) groups is 1. The predicted molar refractivity (Wildman–Crippen MR) is 135 cm³/mol. The molecule has 7 nitrogen and oxygen atoms in total. The normalized spacial score (nSPS) is 22.7. The van der Waals surface area contributed by atoms with Gasteiger partial charge in [0.2, 0.25) is 11.9 Å². The van der Waals surface area contributed by atoms with Crippen LogP contribution in [0.25, 0.3) is 0 Å². The van der Waals surface area contributed by atoms with E-state index in [2.05, 4.69) is 21.8 Å². The fourth-order valence-electron chi connectivity index (χ4n) is 5.68. The third kappa shape index (κ3) is 6.13. The van der Waals surface area contributed by atoms with E-state index < -0.39 is 0 Å². The smallest absolute Gasteiger partial charge is 0.227 e. The summed E-state index contributed by atoms with van der Waals surface area (Å²) >= 11 is 0. The quantitative estimate of drug-likeness (QED) is 0.515. The summed E-state index contributed by atoms with van der Waals surface area (Å²) in [5.41, 5.74) is 2.07. The van der Waals surface area contributed by atoms with E-state index in [1.807, 2.05) is 41.6 Å². The van der Waals surface area contributed by atoms with E-state index in [0.29, 0.717) is 18.9 Å². The van der Waals surface area contributed by atoms with Gasteiger partial charge in [0.25, 0.3) is 0 Å². The molecule has 3 aliphatic rings. The Kier molecular flexibility index (Phi) is 7.51. The molecule has 2 saturated heterocycles. The van der Waals surface area contributed by atoms with Crippen molar-refractivity contribution < 1.29 is 14.3 Å². The molecular weight excluding hydrogens is 440 g/mol. The summed E-state index contributed by atoms with van der Waals surface area (Å²) in [5.74, 6) is 5.09. The Morgan fingerprint density at radius 1 is 1.06 bits per heavy atom. The molecule has 0 N–H and O–H groups in total. The van der Waals surface area contributed by atoms with Crippen LogP contribution in [0.4, 0.5) is 5.95 Å². The van der Waals surface area contributed by atoms with Gasteiger partial charge in [-0.2, -0.15) is 0 Å². The maximum atomic E-state index is 12.2. The lowest BCUT2D eigenvalue weighted by Crippen LogP contribution is -2.49. The number of benzene rings is 1. The average Bonchev–Trinajstić information content (AvgIpc) is 3.63. The Morgan fingerprint density at radius 2 is 1.77 bits per heavy atom. The summed E-state index contributed by atoms with van der Waals surface area (Å²) in [4.78, 5) is 25.6. The van der Waals surface area contributed by atoms with Crippen molar-refractivity contribution in [2.24, 2.45) is 23.7 Å². The van der Waals surface area contributed by atoms with Gasteiger partial charge in [-0.1, -0.05) is 19.1 Å². The molecule has 2 aliphatic heterocycles. The highest BCUT2D eigenvalue weighted by Gasteiger charge is 2.43. The maximum Gasteiger partial charge on any atom is 0.227 e. The number of anilines is 1. The molecule has 3 fully saturated rings. The maximum absolute atomic E-state index is 12.2. The standard InChI is InChI=1S/C28H38N4O3/c1-20-17-32(18-20)27(33)13-21-3-5-25(6-4-21)35-12-9-24-14-26(24)23-7-10-31(11-8-23)28-29-15-22(16-30-28)19-34-2/h3-6,15-16,20,23-24,26H,7-14,17-19H2,1-2H3/t24-,26-/m1/s1. The van der Waals surface area contributed by atoms with Crippen molar-refractivity contribution in [2.45, 2.75) is 45.6 Å². The Bertz CT molecular complexity index is 967.